The normalized spacial score (nSPS) is 12.7. The van der Waals surface area contributed by atoms with E-state index in [-0.39, 0.29) is 11.0 Å². The van der Waals surface area contributed by atoms with E-state index in [1.54, 1.807) is 0 Å². The largest absolute Gasteiger partial charge is 0.324 e. The van der Waals surface area contributed by atoms with Gasteiger partial charge in [-0.1, -0.05) is 30.3 Å². The van der Waals surface area contributed by atoms with Gasteiger partial charge in [0.15, 0.2) is 0 Å². The molecule has 0 aliphatic heterocycles. The summed E-state index contributed by atoms with van der Waals surface area (Å²) in [5, 5.41) is 8.72. The summed E-state index contributed by atoms with van der Waals surface area (Å²) in [6.07, 6.45) is 0. The monoisotopic (exact) mass is 272 g/mol. The maximum Gasteiger partial charge on any atom is 0.147 e. The van der Waals surface area contributed by atoms with Crippen LogP contribution in [0.25, 0.3) is 0 Å². The first-order valence-corrected chi connectivity index (χ1v) is 6.99. The average molecular weight is 272 g/mol. The second-order valence-corrected chi connectivity index (χ2v) is 6.64. The summed E-state index contributed by atoms with van der Waals surface area (Å²) in [6.45, 7) is 11.2. The summed E-state index contributed by atoms with van der Waals surface area (Å²) in [6, 6.07) is 10.4. The lowest BCUT2D eigenvalue weighted by Crippen LogP contribution is -2.33. The molecule has 0 spiro atoms. The van der Waals surface area contributed by atoms with Crippen LogP contribution in [0.1, 0.15) is 51.8 Å². The van der Waals surface area contributed by atoms with Crippen molar-refractivity contribution < 1.29 is 0 Å². The molecule has 2 N–H and O–H groups in total. The second-order valence-electron chi connectivity index (χ2n) is 6.64. The van der Waals surface area contributed by atoms with Crippen molar-refractivity contribution >= 4 is 0 Å². The predicted octanol–water partition coefficient (Wildman–Crippen LogP) is 2.82. The van der Waals surface area contributed by atoms with E-state index in [1.807, 2.05) is 6.07 Å². The van der Waals surface area contributed by atoms with Crippen molar-refractivity contribution in [2.75, 3.05) is 0 Å². The second kappa shape index (κ2) is 5.02. The van der Waals surface area contributed by atoms with E-state index in [4.69, 9.17) is 5.73 Å². The van der Waals surface area contributed by atoms with Crippen LogP contribution in [0.2, 0.25) is 0 Å². The van der Waals surface area contributed by atoms with Gasteiger partial charge in [-0.15, -0.1) is 10.2 Å². The third-order valence-corrected chi connectivity index (χ3v) is 3.64. The molecule has 1 aromatic carbocycles. The zero-order valence-electron chi connectivity index (χ0n) is 13.0. The van der Waals surface area contributed by atoms with Gasteiger partial charge < -0.3 is 10.3 Å². The maximum atomic E-state index is 5.82. The molecular weight excluding hydrogens is 248 g/mol. The number of hydrogen-bond donors (Lipinski definition) is 1. The number of nitrogens with zero attached hydrogens (tertiary/aromatic N) is 3. The van der Waals surface area contributed by atoms with Crippen LogP contribution < -0.4 is 5.73 Å². The molecule has 0 aliphatic rings. The van der Waals surface area contributed by atoms with Gasteiger partial charge in [-0.05, 0) is 40.2 Å². The van der Waals surface area contributed by atoms with E-state index in [2.05, 4.69) is 73.6 Å². The highest BCUT2D eigenvalue weighted by Gasteiger charge is 2.33. The number of hydrogen-bond acceptors (Lipinski definition) is 3. The summed E-state index contributed by atoms with van der Waals surface area (Å²) < 4.78 is 2.17. The zero-order valence-corrected chi connectivity index (χ0v) is 13.0. The van der Waals surface area contributed by atoms with Crippen molar-refractivity contribution in [3.8, 4) is 0 Å². The lowest BCUT2D eigenvalue weighted by molar-refractivity contribution is 0.350. The minimum absolute atomic E-state index is 0.0976. The Morgan fingerprint density at radius 3 is 2.10 bits per heavy atom. The van der Waals surface area contributed by atoms with Gasteiger partial charge in [0.25, 0.3) is 0 Å². The summed E-state index contributed by atoms with van der Waals surface area (Å²) in [4.78, 5) is 0. The van der Waals surface area contributed by atoms with E-state index >= 15 is 0 Å². The molecule has 20 heavy (non-hydrogen) atoms. The van der Waals surface area contributed by atoms with E-state index < -0.39 is 0 Å². The molecular formula is C16H24N4. The number of nitrogens with two attached hydrogens (primary N) is 1. The molecule has 0 bridgehead atoms. The third kappa shape index (κ3) is 2.48. The Morgan fingerprint density at radius 2 is 1.60 bits per heavy atom. The zero-order chi connectivity index (χ0) is 15.0. The maximum absolute atomic E-state index is 5.82. The topological polar surface area (TPSA) is 56.7 Å². The first kappa shape index (κ1) is 14.7. The third-order valence-electron chi connectivity index (χ3n) is 3.64. The molecule has 0 radical (unpaired) electrons. The van der Waals surface area contributed by atoms with Gasteiger partial charge in [-0.25, -0.2) is 0 Å². The lowest BCUT2D eigenvalue weighted by atomic mass is 9.83. The molecule has 2 rings (SSSR count). The smallest absolute Gasteiger partial charge is 0.147 e. The lowest BCUT2D eigenvalue weighted by Gasteiger charge is -2.31. The van der Waals surface area contributed by atoms with Gasteiger partial charge in [0.05, 0.1) is 6.54 Å². The van der Waals surface area contributed by atoms with Crippen LogP contribution in [0.15, 0.2) is 30.3 Å². The van der Waals surface area contributed by atoms with Gasteiger partial charge >= 0.3 is 0 Å². The number of benzene rings is 1. The molecule has 108 valence electrons. The van der Waals surface area contributed by atoms with Crippen molar-refractivity contribution in [3.63, 3.8) is 0 Å². The molecule has 4 nitrogen and oxygen atoms in total. The minimum atomic E-state index is -0.213. The van der Waals surface area contributed by atoms with Crippen LogP contribution in [-0.2, 0) is 17.5 Å². The molecule has 2 aromatic rings. The van der Waals surface area contributed by atoms with Crippen molar-refractivity contribution in [3.05, 3.63) is 47.5 Å². The Hall–Kier alpha value is -1.68. The first-order valence-electron chi connectivity index (χ1n) is 6.99. The molecule has 0 aliphatic carbocycles. The van der Waals surface area contributed by atoms with Crippen LogP contribution in [0.5, 0.6) is 0 Å². The Labute approximate surface area is 121 Å². The molecule has 0 amide bonds. The van der Waals surface area contributed by atoms with Crippen molar-refractivity contribution in [1.82, 2.24) is 14.8 Å². The molecule has 0 saturated heterocycles. The van der Waals surface area contributed by atoms with Crippen LogP contribution in [0, 0.1) is 0 Å². The summed E-state index contributed by atoms with van der Waals surface area (Å²) >= 11 is 0. The van der Waals surface area contributed by atoms with Crippen molar-refractivity contribution in [2.24, 2.45) is 5.73 Å². The Morgan fingerprint density at radius 1 is 1.00 bits per heavy atom. The van der Waals surface area contributed by atoms with Crippen LogP contribution in [0.4, 0.5) is 0 Å². The average Bonchev–Trinajstić information content (AvgIpc) is 2.84. The minimum Gasteiger partial charge on any atom is -0.324 e. The Balaban J connectivity index is 2.61. The van der Waals surface area contributed by atoms with Crippen molar-refractivity contribution in [1.29, 1.82) is 0 Å². The highest BCUT2D eigenvalue weighted by atomic mass is 15.3. The van der Waals surface area contributed by atoms with E-state index in [0.717, 1.165) is 11.6 Å². The molecule has 0 saturated carbocycles. The van der Waals surface area contributed by atoms with Crippen LogP contribution in [0.3, 0.4) is 0 Å². The highest BCUT2D eigenvalue weighted by molar-refractivity contribution is 5.31. The Bertz CT molecular complexity index is 576. The summed E-state index contributed by atoms with van der Waals surface area (Å²) in [5.41, 5.74) is 6.73. The summed E-state index contributed by atoms with van der Waals surface area (Å²) in [5.74, 6) is 1.79. The van der Waals surface area contributed by atoms with Crippen LogP contribution >= 0.6 is 0 Å². The molecule has 4 heteroatoms. The SMILES string of the molecule is CC(C)(c1ccccc1)c1nnc(CN)n1C(C)(C)C. The van der Waals surface area contributed by atoms with Crippen LogP contribution in [-0.4, -0.2) is 14.8 Å². The number of aromatic nitrogens is 3. The molecule has 1 aromatic heterocycles. The van der Waals surface area contributed by atoms with Gasteiger partial charge in [0.2, 0.25) is 0 Å². The molecule has 0 atom stereocenters. The molecule has 0 fully saturated rings. The highest BCUT2D eigenvalue weighted by Crippen LogP contribution is 2.33. The van der Waals surface area contributed by atoms with Crippen molar-refractivity contribution in [2.45, 2.75) is 52.1 Å². The Kier molecular flexibility index (Phi) is 3.69. The van der Waals surface area contributed by atoms with E-state index in [1.165, 1.54) is 5.56 Å². The quantitative estimate of drug-likeness (QED) is 0.934. The fraction of sp³-hybridized carbons (Fsp3) is 0.500. The number of rotatable bonds is 3. The van der Waals surface area contributed by atoms with Gasteiger partial charge in [0, 0.05) is 11.0 Å². The molecule has 0 unspecified atom stereocenters. The fourth-order valence-corrected chi connectivity index (χ4v) is 2.54. The van der Waals surface area contributed by atoms with E-state index in [9.17, 15) is 0 Å². The van der Waals surface area contributed by atoms with E-state index in [0.29, 0.717) is 6.54 Å². The standard InChI is InChI=1S/C16H24N4/c1-15(2,3)20-13(11-17)18-19-14(20)16(4,5)12-9-7-6-8-10-12/h6-10H,11,17H2,1-5H3. The van der Waals surface area contributed by atoms with Gasteiger partial charge in [0.1, 0.15) is 11.6 Å². The molecule has 1 heterocycles. The predicted molar refractivity (Wildman–Crippen MR) is 81.5 cm³/mol. The first-order chi connectivity index (χ1) is 9.28. The van der Waals surface area contributed by atoms with Gasteiger partial charge in [-0.3, -0.25) is 0 Å². The summed E-state index contributed by atoms with van der Waals surface area (Å²) in [7, 11) is 0. The van der Waals surface area contributed by atoms with Gasteiger partial charge in [-0.2, -0.15) is 0 Å². The fourth-order valence-electron chi connectivity index (χ4n) is 2.54.